The molecule has 0 radical (unpaired) electrons. The molecule has 1 heterocycles. The third kappa shape index (κ3) is 0.975. The first-order valence-corrected chi connectivity index (χ1v) is 4.49. The van der Waals surface area contributed by atoms with Crippen LogP contribution in [0.25, 0.3) is 10.1 Å². The van der Waals surface area contributed by atoms with Gasteiger partial charge in [-0.25, -0.2) is 4.39 Å². The van der Waals surface area contributed by atoms with Crippen LogP contribution in [0.5, 0.6) is 0 Å². The second-order valence-electron chi connectivity index (χ2n) is 2.80. The van der Waals surface area contributed by atoms with Crippen molar-refractivity contribution in [3.8, 4) is 0 Å². The van der Waals surface area contributed by atoms with Crippen molar-refractivity contribution in [2.45, 2.75) is 6.92 Å². The van der Waals surface area contributed by atoms with E-state index in [1.54, 1.807) is 0 Å². The van der Waals surface area contributed by atoms with E-state index >= 15 is 0 Å². The molecule has 2 N–H and O–H groups in total. The molecule has 1 nitrogen and oxygen atoms in total. The maximum Gasteiger partial charge on any atom is 0.143 e. The molecule has 0 unspecified atom stereocenters. The molecular weight excluding hydrogens is 173 g/mol. The number of rotatable bonds is 0. The van der Waals surface area contributed by atoms with Gasteiger partial charge in [0.2, 0.25) is 0 Å². The van der Waals surface area contributed by atoms with E-state index in [4.69, 9.17) is 5.73 Å². The van der Waals surface area contributed by atoms with Crippen LogP contribution < -0.4 is 5.73 Å². The SMILES string of the molecule is Cc1csc2c(F)cc(N)cc12. The first-order valence-electron chi connectivity index (χ1n) is 3.61. The zero-order chi connectivity index (χ0) is 8.72. The van der Waals surface area contributed by atoms with Crippen LogP contribution in [0.15, 0.2) is 17.5 Å². The lowest BCUT2D eigenvalue weighted by Gasteiger charge is -1.96. The Hall–Kier alpha value is -1.09. The van der Waals surface area contributed by atoms with Crippen LogP contribution in [0.1, 0.15) is 5.56 Å². The van der Waals surface area contributed by atoms with Crippen molar-refractivity contribution in [3.63, 3.8) is 0 Å². The van der Waals surface area contributed by atoms with Crippen molar-refractivity contribution in [3.05, 3.63) is 28.9 Å². The minimum atomic E-state index is -0.219. The van der Waals surface area contributed by atoms with Gasteiger partial charge in [0, 0.05) is 11.1 Å². The van der Waals surface area contributed by atoms with Crippen molar-refractivity contribution in [1.29, 1.82) is 0 Å². The Balaban J connectivity index is 2.92. The van der Waals surface area contributed by atoms with Gasteiger partial charge in [-0.05, 0) is 30.0 Å². The summed E-state index contributed by atoms with van der Waals surface area (Å²) in [5.41, 5.74) is 7.09. The third-order valence-corrected chi connectivity index (χ3v) is 2.97. The molecule has 0 aliphatic rings. The van der Waals surface area contributed by atoms with Crippen molar-refractivity contribution in [1.82, 2.24) is 0 Å². The number of hydrogen-bond donors (Lipinski definition) is 1. The lowest BCUT2D eigenvalue weighted by atomic mass is 10.2. The Morgan fingerprint density at radius 3 is 2.92 bits per heavy atom. The molecule has 0 saturated carbocycles. The number of hydrogen-bond acceptors (Lipinski definition) is 2. The first kappa shape index (κ1) is 7.55. The Morgan fingerprint density at radius 2 is 2.17 bits per heavy atom. The summed E-state index contributed by atoms with van der Waals surface area (Å²) >= 11 is 1.42. The summed E-state index contributed by atoms with van der Waals surface area (Å²) in [6.45, 7) is 1.96. The van der Waals surface area contributed by atoms with Crippen molar-refractivity contribution < 1.29 is 4.39 Å². The topological polar surface area (TPSA) is 26.0 Å². The summed E-state index contributed by atoms with van der Waals surface area (Å²) in [5, 5.41) is 2.87. The van der Waals surface area contributed by atoms with Crippen LogP contribution >= 0.6 is 11.3 Å². The number of fused-ring (bicyclic) bond motifs is 1. The molecule has 0 aliphatic heterocycles. The molecule has 2 rings (SSSR count). The average Bonchev–Trinajstić information content (AvgIpc) is 2.33. The molecular formula is C9H8FNS. The van der Waals surface area contributed by atoms with E-state index in [2.05, 4.69) is 0 Å². The molecule has 0 bridgehead atoms. The van der Waals surface area contributed by atoms with E-state index < -0.39 is 0 Å². The summed E-state index contributed by atoms with van der Waals surface area (Å²) in [7, 11) is 0. The highest BCUT2D eigenvalue weighted by molar-refractivity contribution is 7.17. The minimum Gasteiger partial charge on any atom is -0.399 e. The van der Waals surface area contributed by atoms with Gasteiger partial charge in [0.1, 0.15) is 5.82 Å². The fourth-order valence-corrected chi connectivity index (χ4v) is 2.18. The summed E-state index contributed by atoms with van der Waals surface area (Å²) in [6, 6.07) is 3.17. The molecule has 12 heavy (non-hydrogen) atoms. The summed E-state index contributed by atoms with van der Waals surface area (Å²) in [5.74, 6) is -0.219. The summed E-state index contributed by atoms with van der Waals surface area (Å²) < 4.78 is 13.9. The third-order valence-electron chi connectivity index (χ3n) is 1.84. The van der Waals surface area contributed by atoms with Gasteiger partial charge in [0.15, 0.2) is 0 Å². The molecule has 62 valence electrons. The highest BCUT2D eigenvalue weighted by Crippen LogP contribution is 2.29. The molecule has 0 amide bonds. The van der Waals surface area contributed by atoms with E-state index in [-0.39, 0.29) is 5.82 Å². The van der Waals surface area contributed by atoms with Crippen LogP contribution in [0.4, 0.5) is 10.1 Å². The van der Waals surface area contributed by atoms with Crippen molar-refractivity contribution in [2.24, 2.45) is 0 Å². The first-order chi connectivity index (χ1) is 5.68. The molecule has 0 spiro atoms. The summed E-state index contributed by atoms with van der Waals surface area (Å²) in [6.07, 6.45) is 0. The highest BCUT2D eigenvalue weighted by atomic mass is 32.1. The Labute approximate surface area is 73.6 Å². The largest absolute Gasteiger partial charge is 0.399 e. The van der Waals surface area contributed by atoms with Gasteiger partial charge >= 0.3 is 0 Å². The van der Waals surface area contributed by atoms with Gasteiger partial charge in [-0.1, -0.05) is 0 Å². The molecule has 0 aliphatic carbocycles. The molecule has 2 aromatic rings. The maximum atomic E-state index is 13.2. The number of halogens is 1. The number of thiophene rings is 1. The Bertz CT molecular complexity index is 433. The molecule has 0 fully saturated rings. The van der Waals surface area contributed by atoms with Crippen LogP contribution in [0.2, 0.25) is 0 Å². The smallest absolute Gasteiger partial charge is 0.143 e. The fourth-order valence-electron chi connectivity index (χ4n) is 1.24. The van der Waals surface area contributed by atoms with Gasteiger partial charge in [0.05, 0.1) is 4.70 Å². The Kier molecular flexibility index (Phi) is 1.54. The zero-order valence-electron chi connectivity index (χ0n) is 6.60. The van der Waals surface area contributed by atoms with Crippen LogP contribution in [-0.4, -0.2) is 0 Å². The molecule has 3 heteroatoms. The van der Waals surface area contributed by atoms with Crippen molar-refractivity contribution in [2.75, 3.05) is 5.73 Å². The standard InChI is InChI=1S/C9H8FNS/c1-5-4-12-9-7(5)2-6(11)3-8(9)10/h2-4H,11H2,1H3. The van der Waals surface area contributed by atoms with Crippen LogP contribution in [0, 0.1) is 12.7 Å². The van der Waals surface area contributed by atoms with Gasteiger partial charge < -0.3 is 5.73 Å². The number of anilines is 1. The zero-order valence-corrected chi connectivity index (χ0v) is 7.41. The lowest BCUT2D eigenvalue weighted by Crippen LogP contribution is -1.85. The monoisotopic (exact) mass is 181 g/mol. The highest BCUT2D eigenvalue weighted by Gasteiger charge is 2.05. The predicted molar refractivity (Wildman–Crippen MR) is 50.9 cm³/mol. The molecule has 1 aromatic heterocycles. The Morgan fingerprint density at radius 1 is 1.42 bits per heavy atom. The molecule has 1 aromatic carbocycles. The number of nitrogens with two attached hydrogens (primary N) is 1. The maximum absolute atomic E-state index is 13.2. The summed E-state index contributed by atoms with van der Waals surface area (Å²) in [4.78, 5) is 0. The van der Waals surface area contributed by atoms with E-state index in [9.17, 15) is 4.39 Å². The quantitative estimate of drug-likeness (QED) is 0.621. The normalized spacial score (nSPS) is 10.8. The van der Waals surface area contributed by atoms with Crippen LogP contribution in [-0.2, 0) is 0 Å². The number of nitrogen functional groups attached to an aromatic ring is 1. The average molecular weight is 181 g/mol. The minimum absolute atomic E-state index is 0.219. The second kappa shape index (κ2) is 2.45. The van der Waals surface area contributed by atoms with Crippen LogP contribution in [0.3, 0.4) is 0 Å². The van der Waals surface area contributed by atoms with E-state index in [0.29, 0.717) is 10.4 Å². The van der Waals surface area contributed by atoms with Gasteiger partial charge in [0.25, 0.3) is 0 Å². The predicted octanol–water partition coefficient (Wildman–Crippen LogP) is 2.93. The number of aryl methyl sites for hydroxylation is 1. The van der Waals surface area contributed by atoms with Gasteiger partial charge in [-0.15, -0.1) is 11.3 Å². The fraction of sp³-hybridized carbons (Fsp3) is 0.111. The number of benzene rings is 1. The van der Waals surface area contributed by atoms with Crippen molar-refractivity contribution >= 4 is 27.1 Å². The lowest BCUT2D eigenvalue weighted by molar-refractivity contribution is 0.642. The second-order valence-corrected chi connectivity index (χ2v) is 3.68. The van der Waals surface area contributed by atoms with E-state index in [1.807, 2.05) is 18.4 Å². The van der Waals surface area contributed by atoms with Gasteiger partial charge in [-0.2, -0.15) is 0 Å². The molecule has 0 saturated heterocycles. The molecule has 0 atom stereocenters. The van der Waals surface area contributed by atoms with Gasteiger partial charge in [-0.3, -0.25) is 0 Å². The van der Waals surface area contributed by atoms with E-state index in [0.717, 1.165) is 10.9 Å². The van der Waals surface area contributed by atoms with E-state index in [1.165, 1.54) is 17.4 Å².